The Balaban J connectivity index is 0.00000128. The number of piperidine rings is 1. The first-order chi connectivity index (χ1) is 7.20. The van der Waals surface area contributed by atoms with E-state index in [1.807, 2.05) is 0 Å². The molecule has 2 N–H and O–H groups in total. The monoisotopic (exact) mass is 246 g/mol. The van der Waals surface area contributed by atoms with Crippen LogP contribution in [0.25, 0.3) is 0 Å². The number of halogens is 1. The highest BCUT2D eigenvalue weighted by Gasteiger charge is 2.32. The van der Waals surface area contributed by atoms with Crippen molar-refractivity contribution in [2.45, 2.75) is 39.0 Å². The summed E-state index contributed by atoms with van der Waals surface area (Å²) in [5, 5.41) is 6.40. The van der Waals surface area contributed by atoms with Crippen LogP contribution in [-0.2, 0) is 4.79 Å². The maximum atomic E-state index is 11.8. The first-order valence-electron chi connectivity index (χ1n) is 6.18. The molecule has 1 amide bonds. The predicted molar refractivity (Wildman–Crippen MR) is 67.8 cm³/mol. The minimum Gasteiger partial charge on any atom is -0.355 e. The van der Waals surface area contributed by atoms with Crippen molar-refractivity contribution in [3.8, 4) is 0 Å². The van der Waals surface area contributed by atoms with Gasteiger partial charge in [0.25, 0.3) is 0 Å². The van der Waals surface area contributed by atoms with E-state index in [0.717, 1.165) is 32.5 Å². The second-order valence-electron chi connectivity index (χ2n) is 5.43. The molecule has 2 aliphatic rings. The van der Waals surface area contributed by atoms with Gasteiger partial charge in [-0.1, -0.05) is 13.3 Å². The Labute approximate surface area is 104 Å². The summed E-state index contributed by atoms with van der Waals surface area (Å²) in [7, 11) is 0. The van der Waals surface area contributed by atoms with E-state index in [2.05, 4.69) is 17.6 Å². The van der Waals surface area contributed by atoms with Crippen molar-refractivity contribution in [3.05, 3.63) is 0 Å². The van der Waals surface area contributed by atoms with Crippen LogP contribution in [0.4, 0.5) is 0 Å². The molecule has 0 bridgehead atoms. The normalized spacial score (nSPS) is 27.4. The van der Waals surface area contributed by atoms with Gasteiger partial charge in [-0.2, -0.15) is 0 Å². The molecule has 2 rings (SSSR count). The summed E-state index contributed by atoms with van der Waals surface area (Å²) < 4.78 is 0. The van der Waals surface area contributed by atoms with Crippen LogP contribution in [0.5, 0.6) is 0 Å². The number of hydrogen-bond donors (Lipinski definition) is 2. The Morgan fingerprint density at radius 3 is 2.69 bits per heavy atom. The predicted octanol–water partition coefficient (Wildman–Crippen LogP) is 1.71. The number of carbonyl (C=O) groups is 1. The molecule has 0 radical (unpaired) electrons. The lowest BCUT2D eigenvalue weighted by Gasteiger charge is -2.38. The molecule has 1 aliphatic heterocycles. The molecule has 1 aliphatic carbocycles. The molecule has 1 saturated carbocycles. The van der Waals surface area contributed by atoms with Gasteiger partial charge in [0, 0.05) is 13.1 Å². The van der Waals surface area contributed by atoms with Crippen LogP contribution in [0, 0.1) is 11.3 Å². The lowest BCUT2D eigenvalue weighted by Crippen LogP contribution is -2.45. The van der Waals surface area contributed by atoms with E-state index in [1.165, 1.54) is 19.3 Å². The van der Waals surface area contributed by atoms with Gasteiger partial charge in [-0.25, -0.2) is 0 Å². The van der Waals surface area contributed by atoms with E-state index < -0.39 is 0 Å². The minimum absolute atomic E-state index is 0. The van der Waals surface area contributed by atoms with Crippen molar-refractivity contribution in [1.82, 2.24) is 10.6 Å². The molecule has 1 saturated heterocycles. The zero-order chi connectivity index (χ0) is 10.7. The summed E-state index contributed by atoms with van der Waals surface area (Å²) in [6.45, 7) is 5.09. The molecule has 1 atom stereocenters. The standard InChI is InChI=1S/C12H22N2O.ClH/c1-12(5-3-6-12)9-14-11(15)10-4-2-7-13-8-10;/h10,13H,2-9H2,1H3,(H,14,15);1H. The van der Waals surface area contributed by atoms with Crippen molar-refractivity contribution in [1.29, 1.82) is 0 Å². The maximum absolute atomic E-state index is 11.8. The Morgan fingerprint density at radius 1 is 1.44 bits per heavy atom. The van der Waals surface area contributed by atoms with Crippen molar-refractivity contribution in [3.63, 3.8) is 0 Å². The molecule has 94 valence electrons. The summed E-state index contributed by atoms with van der Waals surface area (Å²) in [6.07, 6.45) is 6.06. The van der Waals surface area contributed by atoms with Crippen LogP contribution in [0.3, 0.4) is 0 Å². The van der Waals surface area contributed by atoms with Crippen LogP contribution in [-0.4, -0.2) is 25.5 Å². The minimum atomic E-state index is 0. The Morgan fingerprint density at radius 2 is 2.19 bits per heavy atom. The van der Waals surface area contributed by atoms with Gasteiger partial charge >= 0.3 is 0 Å². The summed E-state index contributed by atoms with van der Waals surface area (Å²) in [6, 6.07) is 0. The molecular formula is C12H23ClN2O. The van der Waals surface area contributed by atoms with E-state index in [4.69, 9.17) is 0 Å². The van der Waals surface area contributed by atoms with Gasteiger partial charge in [-0.3, -0.25) is 4.79 Å². The highest BCUT2D eigenvalue weighted by Crippen LogP contribution is 2.39. The van der Waals surface area contributed by atoms with Crippen molar-refractivity contribution < 1.29 is 4.79 Å². The van der Waals surface area contributed by atoms with Crippen LogP contribution >= 0.6 is 12.4 Å². The number of rotatable bonds is 3. The van der Waals surface area contributed by atoms with E-state index >= 15 is 0 Å². The van der Waals surface area contributed by atoms with E-state index in [-0.39, 0.29) is 24.2 Å². The third-order valence-electron chi connectivity index (χ3n) is 3.92. The highest BCUT2D eigenvalue weighted by molar-refractivity contribution is 5.85. The fourth-order valence-corrected chi connectivity index (χ4v) is 2.48. The van der Waals surface area contributed by atoms with Crippen molar-refractivity contribution in [2.24, 2.45) is 11.3 Å². The van der Waals surface area contributed by atoms with Gasteiger partial charge in [0.15, 0.2) is 0 Å². The smallest absolute Gasteiger partial charge is 0.224 e. The van der Waals surface area contributed by atoms with Gasteiger partial charge in [-0.15, -0.1) is 12.4 Å². The molecule has 16 heavy (non-hydrogen) atoms. The first-order valence-corrected chi connectivity index (χ1v) is 6.18. The number of nitrogens with one attached hydrogen (secondary N) is 2. The Hall–Kier alpha value is -0.280. The molecule has 1 heterocycles. The summed E-state index contributed by atoms with van der Waals surface area (Å²) in [5.41, 5.74) is 0.401. The van der Waals surface area contributed by atoms with E-state index in [0.29, 0.717) is 5.41 Å². The topological polar surface area (TPSA) is 41.1 Å². The molecule has 1 unspecified atom stereocenters. The second kappa shape index (κ2) is 5.87. The number of hydrogen-bond acceptors (Lipinski definition) is 2. The van der Waals surface area contributed by atoms with Crippen molar-refractivity contribution in [2.75, 3.05) is 19.6 Å². The van der Waals surface area contributed by atoms with Gasteiger partial charge in [0.1, 0.15) is 0 Å². The molecule has 0 aromatic heterocycles. The van der Waals surface area contributed by atoms with Gasteiger partial charge in [0.05, 0.1) is 5.92 Å². The van der Waals surface area contributed by atoms with E-state index in [1.54, 1.807) is 0 Å². The SMILES string of the molecule is CC1(CNC(=O)C2CCCNC2)CCC1.Cl. The quantitative estimate of drug-likeness (QED) is 0.796. The zero-order valence-corrected chi connectivity index (χ0v) is 10.9. The summed E-state index contributed by atoms with van der Waals surface area (Å²) in [5.74, 6) is 0.470. The van der Waals surface area contributed by atoms with Crippen LogP contribution in [0.15, 0.2) is 0 Å². The molecule has 0 spiro atoms. The maximum Gasteiger partial charge on any atom is 0.224 e. The largest absolute Gasteiger partial charge is 0.355 e. The lowest BCUT2D eigenvalue weighted by molar-refractivity contribution is -0.126. The van der Waals surface area contributed by atoms with Gasteiger partial charge < -0.3 is 10.6 Å². The first kappa shape index (κ1) is 13.8. The van der Waals surface area contributed by atoms with Crippen LogP contribution < -0.4 is 10.6 Å². The zero-order valence-electron chi connectivity index (χ0n) is 10.1. The molecule has 0 aromatic carbocycles. The molecule has 4 heteroatoms. The summed E-state index contributed by atoms with van der Waals surface area (Å²) in [4.78, 5) is 11.8. The third kappa shape index (κ3) is 3.36. The number of carbonyl (C=O) groups excluding carboxylic acids is 1. The second-order valence-corrected chi connectivity index (χ2v) is 5.43. The highest BCUT2D eigenvalue weighted by atomic mass is 35.5. The van der Waals surface area contributed by atoms with Crippen molar-refractivity contribution >= 4 is 18.3 Å². The van der Waals surface area contributed by atoms with Gasteiger partial charge in [-0.05, 0) is 37.6 Å². The third-order valence-corrected chi connectivity index (χ3v) is 3.92. The molecule has 3 nitrogen and oxygen atoms in total. The average Bonchev–Trinajstić information content (AvgIpc) is 2.24. The fourth-order valence-electron chi connectivity index (χ4n) is 2.48. The lowest BCUT2D eigenvalue weighted by atomic mass is 9.70. The molecule has 2 fully saturated rings. The fraction of sp³-hybridized carbons (Fsp3) is 0.917. The van der Waals surface area contributed by atoms with E-state index in [9.17, 15) is 4.79 Å². The van der Waals surface area contributed by atoms with Crippen LogP contribution in [0.1, 0.15) is 39.0 Å². The summed E-state index contributed by atoms with van der Waals surface area (Å²) >= 11 is 0. The molecular weight excluding hydrogens is 224 g/mol. The van der Waals surface area contributed by atoms with Crippen LogP contribution in [0.2, 0.25) is 0 Å². The number of amides is 1. The van der Waals surface area contributed by atoms with Gasteiger partial charge in [0.2, 0.25) is 5.91 Å². The Bertz CT molecular complexity index is 235. The molecule has 0 aromatic rings. The average molecular weight is 247 g/mol. The Kier molecular flexibility index (Phi) is 5.06.